The zero-order valence-electron chi connectivity index (χ0n) is 12.9. The predicted octanol–water partition coefficient (Wildman–Crippen LogP) is 2.98. The van der Waals surface area contributed by atoms with Crippen molar-refractivity contribution in [3.63, 3.8) is 0 Å². The van der Waals surface area contributed by atoms with Crippen LogP contribution in [0.4, 0.5) is 0 Å². The molecule has 4 heteroatoms. The zero-order valence-corrected chi connectivity index (χ0v) is 12.9. The first kappa shape index (κ1) is 15.2. The maximum absolute atomic E-state index is 12.4. The molecule has 2 atom stereocenters. The van der Waals surface area contributed by atoms with Crippen molar-refractivity contribution in [3.05, 3.63) is 53.6 Å². The van der Waals surface area contributed by atoms with Crippen LogP contribution in [0.25, 0.3) is 16.8 Å². The number of Topliss-reactive ketones (excluding diaryl/α,β-unsaturated/α-hetero) is 2. The molecule has 2 unspecified atom stereocenters. The molecule has 0 saturated heterocycles. The molecule has 0 radical (unpaired) electrons. The average molecular weight is 308 g/mol. The van der Waals surface area contributed by atoms with E-state index in [9.17, 15) is 19.5 Å². The summed E-state index contributed by atoms with van der Waals surface area (Å²) in [5.41, 5.74) is -0.808. The van der Waals surface area contributed by atoms with E-state index >= 15 is 0 Å². The van der Waals surface area contributed by atoms with Crippen LogP contribution in [0.2, 0.25) is 0 Å². The molecule has 4 nitrogen and oxygen atoms in total. The SMILES string of the molecule is CC(=O)C1C=Cc2cc3ccccc3cc2C1(C(C)=O)C(=O)O. The lowest BCUT2D eigenvalue weighted by molar-refractivity contribution is -0.153. The Morgan fingerprint density at radius 2 is 1.65 bits per heavy atom. The minimum Gasteiger partial charge on any atom is -0.480 e. The summed E-state index contributed by atoms with van der Waals surface area (Å²) < 4.78 is 0. The van der Waals surface area contributed by atoms with Gasteiger partial charge in [-0.1, -0.05) is 36.4 Å². The highest BCUT2D eigenvalue weighted by Gasteiger charge is 2.55. The molecule has 1 aliphatic rings. The summed E-state index contributed by atoms with van der Waals surface area (Å²) >= 11 is 0. The van der Waals surface area contributed by atoms with Crippen LogP contribution in [-0.4, -0.2) is 22.6 Å². The highest BCUT2D eigenvalue weighted by molar-refractivity contribution is 6.14. The molecule has 0 heterocycles. The molecule has 1 N–H and O–H groups in total. The summed E-state index contributed by atoms with van der Waals surface area (Å²) in [5, 5.41) is 11.7. The van der Waals surface area contributed by atoms with E-state index in [-0.39, 0.29) is 5.78 Å². The molecule has 0 aromatic heterocycles. The smallest absolute Gasteiger partial charge is 0.322 e. The lowest BCUT2D eigenvalue weighted by atomic mass is 9.62. The van der Waals surface area contributed by atoms with E-state index in [1.165, 1.54) is 19.9 Å². The van der Waals surface area contributed by atoms with E-state index < -0.39 is 23.1 Å². The molecule has 23 heavy (non-hydrogen) atoms. The van der Waals surface area contributed by atoms with Crippen LogP contribution in [0.1, 0.15) is 25.0 Å². The van der Waals surface area contributed by atoms with E-state index in [0.29, 0.717) is 11.1 Å². The Morgan fingerprint density at radius 1 is 1.04 bits per heavy atom. The van der Waals surface area contributed by atoms with Crippen molar-refractivity contribution in [3.8, 4) is 0 Å². The minimum atomic E-state index is -1.86. The van der Waals surface area contributed by atoms with Gasteiger partial charge in [-0.25, -0.2) is 0 Å². The normalized spacial score (nSPS) is 22.6. The Labute approximate surface area is 133 Å². The monoisotopic (exact) mass is 308 g/mol. The molecular weight excluding hydrogens is 292 g/mol. The molecule has 0 amide bonds. The Hall–Kier alpha value is -2.75. The zero-order chi connectivity index (χ0) is 16.8. The van der Waals surface area contributed by atoms with Crippen molar-refractivity contribution in [2.45, 2.75) is 19.3 Å². The topological polar surface area (TPSA) is 71.4 Å². The van der Waals surface area contributed by atoms with Gasteiger partial charge in [0.1, 0.15) is 5.78 Å². The van der Waals surface area contributed by atoms with Gasteiger partial charge >= 0.3 is 5.97 Å². The first-order valence-corrected chi connectivity index (χ1v) is 7.35. The number of allylic oxidation sites excluding steroid dienone is 1. The van der Waals surface area contributed by atoms with Crippen molar-refractivity contribution in [1.82, 2.24) is 0 Å². The van der Waals surface area contributed by atoms with Crippen molar-refractivity contribution < 1.29 is 19.5 Å². The van der Waals surface area contributed by atoms with Gasteiger partial charge in [0.15, 0.2) is 11.2 Å². The Kier molecular flexibility index (Phi) is 3.40. The number of benzene rings is 2. The van der Waals surface area contributed by atoms with E-state index in [2.05, 4.69) is 0 Å². The van der Waals surface area contributed by atoms with Crippen molar-refractivity contribution in [2.24, 2.45) is 5.92 Å². The first-order chi connectivity index (χ1) is 10.9. The third kappa shape index (κ3) is 2.02. The number of ketones is 2. The molecule has 1 aliphatic carbocycles. The van der Waals surface area contributed by atoms with Crippen molar-refractivity contribution in [1.29, 1.82) is 0 Å². The van der Waals surface area contributed by atoms with E-state index in [0.717, 1.165) is 10.8 Å². The minimum absolute atomic E-state index is 0.336. The number of carboxylic acids is 1. The number of hydrogen-bond acceptors (Lipinski definition) is 3. The fourth-order valence-electron chi connectivity index (χ4n) is 3.50. The van der Waals surface area contributed by atoms with Gasteiger partial charge in [-0.3, -0.25) is 14.4 Å². The molecule has 3 rings (SSSR count). The standard InChI is InChI=1S/C19H16O4/c1-11(20)16-8-7-15-9-13-5-3-4-6-14(13)10-17(15)19(16,12(2)21)18(22)23/h3-10,16H,1-2H3,(H,22,23). The first-order valence-electron chi connectivity index (χ1n) is 7.35. The van der Waals surface area contributed by atoms with Gasteiger partial charge in [-0.2, -0.15) is 0 Å². The number of fused-ring (bicyclic) bond motifs is 2. The number of hydrogen-bond donors (Lipinski definition) is 1. The van der Waals surface area contributed by atoms with E-state index in [1.807, 2.05) is 30.3 Å². The Balaban J connectivity index is 2.42. The summed E-state index contributed by atoms with van der Waals surface area (Å²) in [4.78, 5) is 36.6. The molecule has 0 fully saturated rings. The highest BCUT2D eigenvalue weighted by atomic mass is 16.4. The number of rotatable bonds is 3. The summed E-state index contributed by atoms with van der Waals surface area (Å²) in [6.07, 6.45) is 3.27. The van der Waals surface area contributed by atoms with E-state index in [4.69, 9.17) is 0 Å². The van der Waals surface area contributed by atoms with Gasteiger partial charge < -0.3 is 5.11 Å². The lowest BCUT2D eigenvalue weighted by Gasteiger charge is -2.36. The lowest BCUT2D eigenvalue weighted by Crippen LogP contribution is -2.52. The molecule has 0 bridgehead atoms. The molecular formula is C19H16O4. The summed E-state index contributed by atoms with van der Waals surface area (Å²) in [7, 11) is 0. The number of carbonyl (C=O) groups excluding carboxylic acids is 2. The van der Waals surface area contributed by atoms with Gasteiger partial charge in [0.2, 0.25) is 0 Å². The van der Waals surface area contributed by atoms with Gasteiger partial charge in [0.25, 0.3) is 0 Å². The number of aliphatic carboxylic acids is 1. The van der Waals surface area contributed by atoms with Crippen LogP contribution in [0.3, 0.4) is 0 Å². The van der Waals surface area contributed by atoms with Crippen LogP contribution in [0.5, 0.6) is 0 Å². The number of carboxylic acid groups (broad SMARTS) is 1. The van der Waals surface area contributed by atoms with E-state index in [1.54, 1.807) is 12.1 Å². The third-order valence-corrected chi connectivity index (χ3v) is 4.61. The number of carbonyl (C=O) groups is 3. The molecule has 0 spiro atoms. The average Bonchev–Trinajstić information content (AvgIpc) is 2.50. The molecule has 2 aromatic carbocycles. The third-order valence-electron chi connectivity index (χ3n) is 4.61. The van der Waals surface area contributed by atoms with Gasteiger partial charge in [-0.15, -0.1) is 0 Å². The largest absolute Gasteiger partial charge is 0.480 e. The second kappa shape index (κ2) is 5.16. The van der Waals surface area contributed by atoms with Gasteiger partial charge in [-0.05, 0) is 47.9 Å². The fourth-order valence-corrected chi connectivity index (χ4v) is 3.50. The van der Waals surface area contributed by atoms with Crippen molar-refractivity contribution in [2.75, 3.05) is 0 Å². The summed E-state index contributed by atoms with van der Waals surface area (Å²) in [6.45, 7) is 2.56. The second-order valence-corrected chi connectivity index (χ2v) is 5.90. The van der Waals surface area contributed by atoms with Gasteiger partial charge in [0.05, 0.1) is 5.92 Å². The Bertz CT molecular complexity index is 862. The quantitative estimate of drug-likeness (QED) is 0.885. The summed E-state index contributed by atoms with van der Waals surface area (Å²) in [5.74, 6) is -3.15. The van der Waals surface area contributed by atoms with Crippen LogP contribution in [0, 0.1) is 5.92 Å². The Morgan fingerprint density at radius 3 is 2.17 bits per heavy atom. The van der Waals surface area contributed by atoms with Crippen molar-refractivity contribution >= 4 is 34.4 Å². The summed E-state index contributed by atoms with van der Waals surface area (Å²) in [6, 6.07) is 11.1. The second-order valence-electron chi connectivity index (χ2n) is 5.90. The molecule has 0 saturated carbocycles. The maximum atomic E-state index is 12.4. The molecule has 2 aromatic rings. The van der Waals surface area contributed by atoms with Gasteiger partial charge in [0, 0.05) is 0 Å². The van der Waals surface area contributed by atoms with Crippen LogP contribution >= 0.6 is 0 Å². The highest BCUT2D eigenvalue weighted by Crippen LogP contribution is 2.43. The molecule has 0 aliphatic heterocycles. The predicted molar refractivity (Wildman–Crippen MR) is 87.1 cm³/mol. The fraction of sp³-hybridized carbons (Fsp3) is 0.211. The maximum Gasteiger partial charge on any atom is 0.322 e. The van der Waals surface area contributed by atoms with Crippen LogP contribution in [0.15, 0.2) is 42.5 Å². The molecule has 116 valence electrons. The van der Waals surface area contributed by atoms with Crippen LogP contribution in [-0.2, 0) is 19.8 Å². The van der Waals surface area contributed by atoms with Crippen LogP contribution < -0.4 is 0 Å².